The number of aliphatic hydroxyl groups excluding tert-OH is 2. The Morgan fingerprint density at radius 3 is 2.70 bits per heavy atom. The second kappa shape index (κ2) is 5.41. The molecule has 2 atom stereocenters. The van der Waals surface area contributed by atoms with Crippen LogP contribution in [0.3, 0.4) is 0 Å². The van der Waals surface area contributed by atoms with Crippen LogP contribution in [0.15, 0.2) is 28.7 Å². The van der Waals surface area contributed by atoms with Crippen molar-refractivity contribution in [3.63, 3.8) is 0 Å². The molecule has 20 heavy (non-hydrogen) atoms. The monoisotopic (exact) mass is 312 g/mol. The van der Waals surface area contributed by atoms with Gasteiger partial charge in [0.1, 0.15) is 17.6 Å². The van der Waals surface area contributed by atoms with E-state index < -0.39 is 6.10 Å². The van der Waals surface area contributed by atoms with E-state index in [1.54, 1.807) is 18.2 Å². The zero-order valence-corrected chi connectivity index (χ0v) is 12.2. The van der Waals surface area contributed by atoms with Crippen LogP contribution in [0.4, 0.5) is 0 Å². The molecule has 0 saturated carbocycles. The van der Waals surface area contributed by atoms with E-state index in [0.29, 0.717) is 28.0 Å². The first-order valence-corrected chi connectivity index (χ1v) is 7.23. The Kier molecular flexibility index (Phi) is 3.78. The van der Waals surface area contributed by atoms with Crippen molar-refractivity contribution >= 4 is 23.2 Å². The van der Waals surface area contributed by atoms with E-state index in [4.69, 9.17) is 27.6 Å². The van der Waals surface area contributed by atoms with E-state index in [9.17, 15) is 10.2 Å². The smallest absolute Gasteiger partial charge is 0.136 e. The molecule has 1 aliphatic carbocycles. The minimum Gasteiger partial charge on any atom is -0.458 e. The van der Waals surface area contributed by atoms with Crippen LogP contribution in [0.1, 0.15) is 36.2 Å². The van der Waals surface area contributed by atoms with Gasteiger partial charge in [-0.2, -0.15) is 0 Å². The molecule has 2 aromatic rings. The Balaban J connectivity index is 2.08. The highest BCUT2D eigenvalue weighted by Gasteiger charge is 2.30. The van der Waals surface area contributed by atoms with E-state index >= 15 is 0 Å². The third kappa shape index (κ3) is 2.35. The largest absolute Gasteiger partial charge is 0.458 e. The van der Waals surface area contributed by atoms with Gasteiger partial charge in [-0.15, -0.1) is 0 Å². The first-order chi connectivity index (χ1) is 9.60. The summed E-state index contributed by atoms with van der Waals surface area (Å²) in [5.74, 6) is 1.14. The summed E-state index contributed by atoms with van der Waals surface area (Å²) in [6.07, 6.45) is 0.727. The number of aliphatic hydroxyl groups is 2. The lowest BCUT2D eigenvalue weighted by molar-refractivity contribution is 0.115. The number of benzene rings is 1. The van der Waals surface area contributed by atoms with E-state index in [1.807, 2.05) is 6.07 Å². The Bertz CT molecular complexity index is 636. The molecule has 0 spiro atoms. The molecule has 0 bridgehead atoms. The highest BCUT2D eigenvalue weighted by atomic mass is 35.5. The standard InChI is InChI=1S/C15H14Cl2O3/c16-9-2-3-10(12(17)5-9)14-6-11-8(7-18)1-4-13(19)15(11)20-14/h2-3,5-6,8,13,18-19H,1,4,7H2. The number of furan rings is 1. The minimum absolute atomic E-state index is 0.0111. The minimum atomic E-state index is -0.618. The summed E-state index contributed by atoms with van der Waals surface area (Å²) in [6, 6.07) is 7.03. The van der Waals surface area contributed by atoms with Crippen molar-refractivity contribution in [2.24, 2.45) is 0 Å². The van der Waals surface area contributed by atoms with Crippen molar-refractivity contribution in [1.29, 1.82) is 0 Å². The lowest BCUT2D eigenvalue weighted by Gasteiger charge is -2.22. The maximum Gasteiger partial charge on any atom is 0.136 e. The Morgan fingerprint density at radius 1 is 1.20 bits per heavy atom. The predicted octanol–water partition coefficient (Wildman–Crippen LogP) is 4.16. The van der Waals surface area contributed by atoms with E-state index in [-0.39, 0.29) is 12.5 Å². The lowest BCUT2D eigenvalue weighted by atomic mass is 9.86. The molecular formula is C15H14Cl2O3. The number of rotatable bonds is 2. The fourth-order valence-corrected chi connectivity index (χ4v) is 3.16. The van der Waals surface area contributed by atoms with Crippen molar-refractivity contribution in [1.82, 2.24) is 0 Å². The van der Waals surface area contributed by atoms with Crippen LogP contribution in [0.25, 0.3) is 11.3 Å². The van der Waals surface area contributed by atoms with Crippen molar-refractivity contribution in [3.05, 3.63) is 45.6 Å². The highest BCUT2D eigenvalue weighted by Crippen LogP contribution is 2.42. The van der Waals surface area contributed by atoms with Gasteiger partial charge in [0.15, 0.2) is 0 Å². The van der Waals surface area contributed by atoms with Gasteiger partial charge >= 0.3 is 0 Å². The normalized spacial score (nSPS) is 21.8. The molecule has 5 heteroatoms. The zero-order valence-electron chi connectivity index (χ0n) is 10.6. The molecule has 1 heterocycles. The second-order valence-corrected chi connectivity index (χ2v) is 5.87. The average Bonchev–Trinajstić information content (AvgIpc) is 2.85. The second-order valence-electron chi connectivity index (χ2n) is 5.03. The molecule has 2 unspecified atom stereocenters. The molecule has 2 N–H and O–H groups in total. The van der Waals surface area contributed by atoms with Crippen molar-refractivity contribution in [3.8, 4) is 11.3 Å². The number of hydrogen-bond acceptors (Lipinski definition) is 3. The van der Waals surface area contributed by atoms with E-state index in [2.05, 4.69) is 0 Å². The number of hydrogen-bond donors (Lipinski definition) is 2. The molecule has 1 aromatic heterocycles. The Labute approximate surface area is 126 Å². The fraction of sp³-hybridized carbons (Fsp3) is 0.333. The molecule has 1 aromatic carbocycles. The highest BCUT2D eigenvalue weighted by molar-refractivity contribution is 6.36. The first-order valence-electron chi connectivity index (χ1n) is 6.48. The molecule has 0 radical (unpaired) electrons. The number of halogens is 2. The molecule has 0 fully saturated rings. The quantitative estimate of drug-likeness (QED) is 0.875. The zero-order chi connectivity index (χ0) is 14.3. The van der Waals surface area contributed by atoms with Gasteiger partial charge in [-0.1, -0.05) is 23.2 Å². The van der Waals surface area contributed by atoms with Crippen LogP contribution in [0.5, 0.6) is 0 Å². The first kappa shape index (κ1) is 14.0. The molecule has 3 rings (SSSR count). The third-order valence-electron chi connectivity index (χ3n) is 3.74. The van der Waals surface area contributed by atoms with Gasteiger partial charge in [0.25, 0.3) is 0 Å². The summed E-state index contributed by atoms with van der Waals surface area (Å²) in [5.41, 5.74) is 1.60. The average molecular weight is 313 g/mol. The molecule has 0 amide bonds. The van der Waals surface area contributed by atoms with Crippen LogP contribution in [-0.4, -0.2) is 16.8 Å². The summed E-state index contributed by atoms with van der Waals surface area (Å²) in [7, 11) is 0. The topological polar surface area (TPSA) is 53.6 Å². The Hall–Kier alpha value is -1.00. The summed E-state index contributed by atoms with van der Waals surface area (Å²) < 4.78 is 5.77. The molecule has 0 aliphatic heterocycles. The Morgan fingerprint density at radius 2 is 2.00 bits per heavy atom. The fourth-order valence-electron chi connectivity index (χ4n) is 2.66. The van der Waals surface area contributed by atoms with Crippen molar-refractivity contribution in [2.45, 2.75) is 24.9 Å². The van der Waals surface area contributed by atoms with Gasteiger partial charge in [-0.05, 0) is 37.1 Å². The maximum absolute atomic E-state index is 10.0. The van der Waals surface area contributed by atoms with Crippen LogP contribution < -0.4 is 0 Å². The van der Waals surface area contributed by atoms with E-state index in [0.717, 1.165) is 17.5 Å². The van der Waals surface area contributed by atoms with Gasteiger partial charge in [0.2, 0.25) is 0 Å². The van der Waals surface area contributed by atoms with Gasteiger partial charge in [-0.25, -0.2) is 0 Å². The summed E-state index contributed by atoms with van der Waals surface area (Å²) in [5, 5.41) is 20.5. The summed E-state index contributed by atoms with van der Waals surface area (Å²) in [4.78, 5) is 0. The van der Waals surface area contributed by atoms with Gasteiger partial charge in [-0.3, -0.25) is 0 Å². The third-order valence-corrected chi connectivity index (χ3v) is 4.29. The molecule has 3 nitrogen and oxygen atoms in total. The van der Waals surface area contributed by atoms with Crippen molar-refractivity contribution in [2.75, 3.05) is 6.61 Å². The predicted molar refractivity (Wildman–Crippen MR) is 78.2 cm³/mol. The van der Waals surface area contributed by atoms with Crippen LogP contribution in [0, 0.1) is 0 Å². The van der Waals surface area contributed by atoms with E-state index in [1.165, 1.54) is 0 Å². The van der Waals surface area contributed by atoms with Crippen LogP contribution in [0.2, 0.25) is 10.0 Å². The van der Waals surface area contributed by atoms with Gasteiger partial charge < -0.3 is 14.6 Å². The summed E-state index contributed by atoms with van der Waals surface area (Å²) >= 11 is 12.1. The molecule has 1 aliphatic rings. The number of fused-ring (bicyclic) bond motifs is 1. The van der Waals surface area contributed by atoms with Crippen molar-refractivity contribution < 1.29 is 14.6 Å². The van der Waals surface area contributed by atoms with Gasteiger partial charge in [0.05, 0.1) is 11.6 Å². The summed E-state index contributed by atoms with van der Waals surface area (Å²) in [6.45, 7) is 0.0487. The molecule has 106 valence electrons. The SMILES string of the molecule is OCC1CCC(O)c2oc(-c3ccc(Cl)cc3Cl)cc21. The van der Waals surface area contributed by atoms with Crippen LogP contribution >= 0.6 is 23.2 Å². The molecular weight excluding hydrogens is 299 g/mol. The lowest BCUT2D eigenvalue weighted by Crippen LogP contribution is -2.14. The maximum atomic E-state index is 10.0. The van der Waals surface area contributed by atoms with Gasteiger partial charge in [0, 0.05) is 22.1 Å². The van der Waals surface area contributed by atoms with Crippen LogP contribution in [-0.2, 0) is 0 Å². The molecule has 0 saturated heterocycles.